The van der Waals surface area contributed by atoms with Crippen LogP contribution >= 0.6 is 0 Å². The van der Waals surface area contributed by atoms with Gasteiger partial charge in [0.2, 0.25) is 11.8 Å². The number of rotatable bonds is 7. The zero-order valence-electron chi connectivity index (χ0n) is 16.3. The number of amides is 2. The van der Waals surface area contributed by atoms with Crippen molar-refractivity contribution in [1.82, 2.24) is 4.90 Å². The number of carbonyl (C=O) groups excluding carboxylic acids is 3. The zero-order valence-corrected chi connectivity index (χ0v) is 16.3. The van der Waals surface area contributed by atoms with Crippen LogP contribution in [-0.2, 0) is 14.3 Å². The second-order valence-electron chi connectivity index (χ2n) is 6.83. The number of nitrogens with zero attached hydrogens (tertiary/aromatic N) is 1. The lowest BCUT2D eigenvalue weighted by molar-refractivity contribution is -0.128. The number of hydrogen-bond acceptors (Lipinski definition) is 6. The summed E-state index contributed by atoms with van der Waals surface area (Å²) >= 11 is 0. The van der Waals surface area contributed by atoms with E-state index < -0.39 is 11.9 Å². The van der Waals surface area contributed by atoms with Crippen molar-refractivity contribution in [2.24, 2.45) is 11.8 Å². The summed E-state index contributed by atoms with van der Waals surface area (Å²) < 4.78 is 15.2. The molecule has 0 saturated carbocycles. The topological polar surface area (TPSA) is 94.2 Å². The first kappa shape index (κ1) is 20.5. The molecule has 2 rings (SSSR count). The van der Waals surface area contributed by atoms with Gasteiger partial charge in [0.15, 0.2) is 11.5 Å². The van der Waals surface area contributed by atoms with E-state index >= 15 is 0 Å². The number of likely N-dealkylation sites (tertiary alicyclic amines) is 1. The van der Waals surface area contributed by atoms with E-state index in [0.717, 1.165) is 0 Å². The van der Waals surface area contributed by atoms with E-state index in [1.54, 1.807) is 4.90 Å². The van der Waals surface area contributed by atoms with Crippen molar-refractivity contribution in [3.63, 3.8) is 0 Å². The summed E-state index contributed by atoms with van der Waals surface area (Å²) in [5.41, 5.74) is 0.395. The van der Waals surface area contributed by atoms with Crippen LogP contribution in [0.3, 0.4) is 0 Å². The first-order valence-electron chi connectivity index (χ1n) is 8.73. The van der Waals surface area contributed by atoms with Crippen molar-refractivity contribution < 1.29 is 28.6 Å². The van der Waals surface area contributed by atoms with Crippen LogP contribution in [0, 0.1) is 11.8 Å². The summed E-state index contributed by atoms with van der Waals surface area (Å²) in [5, 5.41) is 2.73. The second kappa shape index (κ2) is 8.75. The van der Waals surface area contributed by atoms with Crippen LogP contribution in [0.2, 0.25) is 0 Å². The van der Waals surface area contributed by atoms with Crippen molar-refractivity contribution in [1.29, 1.82) is 0 Å². The molecular formula is C19H26N2O6. The Morgan fingerprint density at radius 1 is 1.19 bits per heavy atom. The van der Waals surface area contributed by atoms with Gasteiger partial charge in [-0.15, -0.1) is 0 Å². The Bertz CT molecular complexity index is 731. The normalized spacial score (nSPS) is 16.4. The lowest BCUT2D eigenvalue weighted by Gasteiger charge is -2.19. The molecule has 1 saturated heterocycles. The van der Waals surface area contributed by atoms with Gasteiger partial charge in [-0.1, -0.05) is 13.8 Å². The summed E-state index contributed by atoms with van der Waals surface area (Å²) in [7, 11) is 4.16. The Hall–Kier alpha value is -2.77. The van der Waals surface area contributed by atoms with Crippen LogP contribution < -0.4 is 14.8 Å². The fraction of sp³-hybridized carbons (Fsp3) is 0.526. The third-order valence-corrected chi connectivity index (χ3v) is 4.36. The van der Waals surface area contributed by atoms with Crippen LogP contribution in [0.25, 0.3) is 0 Å². The number of ether oxygens (including phenoxy) is 3. The Labute approximate surface area is 158 Å². The number of anilines is 1. The Balaban J connectivity index is 2.24. The molecule has 1 unspecified atom stereocenters. The van der Waals surface area contributed by atoms with E-state index in [0.29, 0.717) is 30.5 Å². The van der Waals surface area contributed by atoms with Crippen molar-refractivity contribution in [3.8, 4) is 11.5 Å². The molecule has 1 atom stereocenters. The first-order valence-corrected chi connectivity index (χ1v) is 8.73. The first-order chi connectivity index (χ1) is 12.8. The average Bonchev–Trinajstić information content (AvgIpc) is 3.00. The highest BCUT2D eigenvalue weighted by atomic mass is 16.5. The summed E-state index contributed by atoms with van der Waals surface area (Å²) in [6, 6.07) is 2.96. The van der Waals surface area contributed by atoms with E-state index in [1.165, 1.54) is 33.5 Å². The molecule has 1 aliphatic rings. The number of methoxy groups -OCH3 is 3. The Kier molecular flexibility index (Phi) is 6.65. The van der Waals surface area contributed by atoms with Crippen LogP contribution in [-0.4, -0.2) is 57.1 Å². The number of esters is 1. The predicted octanol–water partition coefficient (Wildman–Crippen LogP) is 1.93. The van der Waals surface area contributed by atoms with Gasteiger partial charge >= 0.3 is 5.97 Å². The molecule has 8 heteroatoms. The molecule has 0 aliphatic carbocycles. The molecule has 1 aliphatic heterocycles. The summed E-state index contributed by atoms with van der Waals surface area (Å²) in [6.07, 6.45) is 0.152. The highest BCUT2D eigenvalue weighted by Gasteiger charge is 2.35. The monoisotopic (exact) mass is 378 g/mol. The standard InChI is InChI=1S/C19H26N2O6/c1-11(2)9-21-10-12(6-17(21)22)18(23)20-14-8-16(26-4)15(25-3)7-13(14)19(24)27-5/h7-8,11-12H,6,9-10H2,1-5H3,(H,20,23). The largest absolute Gasteiger partial charge is 0.493 e. The van der Waals surface area contributed by atoms with Crippen LogP contribution in [0.1, 0.15) is 30.6 Å². The third kappa shape index (κ3) is 4.69. The van der Waals surface area contributed by atoms with Crippen LogP contribution in [0.5, 0.6) is 11.5 Å². The van der Waals surface area contributed by atoms with Gasteiger partial charge in [-0.2, -0.15) is 0 Å². The molecule has 0 spiro atoms. The smallest absolute Gasteiger partial charge is 0.340 e. The SMILES string of the molecule is COC(=O)c1cc(OC)c(OC)cc1NC(=O)C1CC(=O)N(CC(C)C)C1. The maximum atomic E-state index is 12.7. The molecule has 0 aromatic heterocycles. The number of hydrogen-bond donors (Lipinski definition) is 1. The lowest BCUT2D eigenvalue weighted by atomic mass is 10.1. The highest BCUT2D eigenvalue weighted by Crippen LogP contribution is 2.34. The van der Waals surface area contributed by atoms with E-state index in [2.05, 4.69) is 5.32 Å². The van der Waals surface area contributed by atoms with Crippen molar-refractivity contribution >= 4 is 23.5 Å². The molecule has 0 bridgehead atoms. The Morgan fingerprint density at radius 2 is 1.81 bits per heavy atom. The van der Waals surface area contributed by atoms with Crippen LogP contribution in [0.15, 0.2) is 12.1 Å². The van der Waals surface area contributed by atoms with Gasteiger partial charge in [-0.25, -0.2) is 4.79 Å². The number of nitrogens with one attached hydrogen (secondary N) is 1. The van der Waals surface area contributed by atoms with E-state index in [-0.39, 0.29) is 29.5 Å². The van der Waals surface area contributed by atoms with Gasteiger partial charge in [-0.3, -0.25) is 9.59 Å². The molecule has 1 aromatic rings. The maximum Gasteiger partial charge on any atom is 0.340 e. The predicted molar refractivity (Wildman–Crippen MR) is 99.0 cm³/mol. The Morgan fingerprint density at radius 3 is 2.37 bits per heavy atom. The minimum absolute atomic E-state index is 0.0376. The van der Waals surface area contributed by atoms with Gasteiger partial charge in [0, 0.05) is 31.6 Å². The molecule has 2 amide bonds. The zero-order chi connectivity index (χ0) is 20.1. The average molecular weight is 378 g/mol. The van der Waals surface area contributed by atoms with Gasteiger partial charge in [0.25, 0.3) is 0 Å². The number of benzene rings is 1. The molecule has 148 valence electrons. The molecule has 0 radical (unpaired) electrons. The fourth-order valence-corrected chi connectivity index (χ4v) is 3.06. The van der Waals surface area contributed by atoms with Crippen molar-refractivity contribution in [3.05, 3.63) is 17.7 Å². The quantitative estimate of drug-likeness (QED) is 0.729. The lowest BCUT2D eigenvalue weighted by Crippen LogP contribution is -2.31. The molecule has 1 fully saturated rings. The van der Waals surface area contributed by atoms with Gasteiger partial charge < -0.3 is 24.4 Å². The molecule has 1 aromatic carbocycles. The van der Waals surface area contributed by atoms with E-state index in [4.69, 9.17) is 14.2 Å². The summed E-state index contributed by atoms with van der Waals surface area (Å²) in [4.78, 5) is 38.6. The second-order valence-corrected chi connectivity index (χ2v) is 6.83. The van der Waals surface area contributed by atoms with Crippen molar-refractivity contribution in [2.45, 2.75) is 20.3 Å². The van der Waals surface area contributed by atoms with Gasteiger partial charge in [-0.05, 0) is 5.92 Å². The number of carbonyl (C=O) groups is 3. The molecule has 1 N–H and O–H groups in total. The molecule has 27 heavy (non-hydrogen) atoms. The van der Waals surface area contributed by atoms with Crippen LogP contribution in [0.4, 0.5) is 5.69 Å². The third-order valence-electron chi connectivity index (χ3n) is 4.36. The summed E-state index contributed by atoms with van der Waals surface area (Å²) in [5.74, 6) is -0.423. The van der Waals surface area contributed by atoms with E-state index in [9.17, 15) is 14.4 Å². The fourth-order valence-electron chi connectivity index (χ4n) is 3.06. The minimum atomic E-state index is -0.616. The van der Waals surface area contributed by atoms with Gasteiger partial charge in [0.1, 0.15) is 0 Å². The molecular weight excluding hydrogens is 352 g/mol. The maximum absolute atomic E-state index is 12.7. The summed E-state index contributed by atoms with van der Waals surface area (Å²) in [6.45, 7) is 5.02. The molecule has 8 nitrogen and oxygen atoms in total. The van der Waals surface area contributed by atoms with Crippen molar-refractivity contribution in [2.75, 3.05) is 39.7 Å². The molecule has 1 heterocycles. The van der Waals surface area contributed by atoms with E-state index in [1.807, 2.05) is 13.8 Å². The minimum Gasteiger partial charge on any atom is -0.493 e. The van der Waals surface area contributed by atoms with Gasteiger partial charge in [0.05, 0.1) is 38.5 Å². The highest BCUT2D eigenvalue weighted by molar-refractivity contribution is 6.04.